The van der Waals surface area contributed by atoms with E-state index in [0.717, 1.165) is 19.3 Å². The van der Waals surface area contributed by atoms with E-state index in [0.29, 0.717) is 0 Å². The minimum Gasteiger partial charge on any atom is -0.328 e. The summed E-state index contributed by atoms with van der Waals surface area (Å²) in [6.07, 6.45) is 3.22. The third-order valence-electron chi connectivity index (χ3n) is 2.66. The fraction of sp³-hybridized carbons (Fsp3) is 0.538. The van der Waals surface area contributed by atoms with E-state index in [2.05, 4.69) is 39.0 Å². The lowest BCUT2D eigenvalue weighted by molar-refractivity contribution is 0.725. The normalized spacial score (nSPS) is 12.9. The van der Waals surface area contributed by atoms with E-state index in [1.54, 1.807) is 0 Å². The van der Waals surface area contributed by atoms with Crippen LogP contribution < -0.4 is 5.73 Å². The lowest BCUT2D eigenvalue weighted by Gasteiger charge is -2.14. The minimum atomic E-state index is 0.257. The van der Waals surface area contributed by atoms with Gasteiger partial charge >= 0.3 is 0 Å². The van der Waals surface area contributed by atoms with Gasteiger partial charge in [-0.1, -0.05) is 32.0 Å². The summed E-state index contributed by atoms with van der Waals surface area (Å²) in [5.41, 5.74) is 10.3. The number of hydrogen-bond donors (Lipinski definition) is 1. The molecule has 1 atom stereocenters. The van der Waals surface area contributed by atoms with Gasteiger partial charge in [-0.05, 0) is 42.9 Å². The first-order valence-corrected chi connectivity index (χ1v) is 5.54. The maximum Gasteiger partial charge on any atom is 0.00511 e. The van der Waals surface area contributed by atoms with Gasteiger partial charge in [0.2, 0.25) is 0 Å². The van der Waals surface area contributed by atoms with E-state index in [1.807, 2.05) is 0 Å². The van der Waals surface area contributed by atoms with Crippen molar-refractivity contribution in [3.8, 4) is 0 Å². The van der Waals surface area contributed by atoms with Crippen LogP contribution in [-0.2, 0) is 19.3 Å². The summed E-state index contributed by atoms with van der Waals surface area (Å²) >= 11 is 0. The van der Waals surface area contributed by atoms with Crippen LogP contribution in [0.5, 0.6) is 0 Å². The van der Waals surface area contributed by atoms with Crippen LogP contribution in [0.4, 0.5) is 0 Å². The van der Waals surface area contributed by atoms with Crippen LogP contribution >= 0.6 is 0 Å². The highest BCUT2D eigenvalue weighted by Crippen LogP contribution is 2.17. The molecule has 0 aliphatic heterocycles. The Hall–Kier alpha value is -0.820. The highest BCUT2D eigenvalue weighted by Gasteiger charge is 2.07. The maximum absolute atomic E-state index is 5.87. The summed E-state index contributed by atoms with van der Waals surface area (Å²) in [6, 6.07) is 6.85. The molecule has 1 heteroatoms. The number of benzene rings is 1. The summed E-state index contributed by atoms with van der Waals surface area (Å²) in [5, 5.41) is 0. The quantitative estimate of drug-likeness (QED) is 0.778. The first kappa shape index (κ1) is 11.3. The number of nitrogens with two attached hydrogens (primary N) is 1. The average molecular weight is 191 g/mol. The number of hydrogen-bond acceptors (Lipinski definition) is 1. The zero-order valence-corrected chi connectivity index (χ0v) is 9.51. The number of rotatable bonds is 4. The Balaban J connectivity index is 3.05. The summed E-state index contributed by atoms with van der Waals surface area (Å²) < 4.78 is 0. The van der Waals surface area contributed by atoms with Crippen LogP contribution in [0.3, 0.4) is 0 Å². The fourth-order valence-electron chi connectivity index (χ4n) is 1.93. The van der Waals surface area contributed by atoms with Crippen molar-refractivity contribution in [2.24, 2.45) is 5.73 Å². The summed E-state index contributed by atoms with van der Waals surface area (Å²) in [6.45, 7) is 6.49. The second-order valence-corrected chi connectivity index (χ2v) is 3.94. The van der Waals surface area contributed by atoms with Crippen LogP contribution in [0.25, 0.3) is 0 Å². The predicted molar refractivity (Wildman–Crippen MR) is 62.6 cm³/mol. The van der Waals surface area contributed by atoms with Gasteiger partial charge in [-0.25, -0.2) is 0 Å². The Labute approximate surface area is 87.3 Å². The maximum atomic E-state index is 5.87. The third-order valence-corrected chi connectivity index (χ3v) is 2.66. The molecular formula is C13H21N. The van der Waals surface area contributed by atoms with Gasteiger partial charge in [0.05, 0.1) is 0 Å². The van der Waals surface area contributed by atoms with Gasteiger partial charge in [-0.2, -0.15) is 0 Å². The van der Waals surface area contributed by atoms with Gasteiger partial charge in [-0.3, -0.25) is 0 Å². The first-order valence-electron chi connectivity index (χ1n) is 5.54. The molecule has 1 rings (SSSR count). The molecule has 0 bridgehead atoms. The lowest BCUT2D eigenvalue weighted by Crippen LogP contribution is -2.19. The van der Waals surface area contributed by atoms with Gasteiger partial charge in [0.1, 0.15) is 0 Å². The molecule has 0 unspecified atom stereocenters. The van der Waals surface area contributed by atoms with Crippen molar-refractivity contribution in [1.82, 2.24) is 0 Å². The van der Waals surface area contributed by atoms with Gasteiger partial charge in [-0.15, -0.1) is 0 Å². The van der Waals surface area contributed by atoms with E-state index in [1.165, 1.54) is 16.7 Å². The molecule has 0 spiro atoms. The van der Waals surface area contributed by atoms with Gasteiger partial charge in [0, 0.05) is 6.04 Å². The van der Waals surface area contributed by atoms with Crippen LogP contribution in [0.15, 0.2) is 18.2 Å². The Morgan fingerprint density at radius 2 is 1.64 bits per heavy atom. The largest absolute Gasteiger partial charge is 0.328 e. The van der Waals surface area contributed by atoms with E-state index >= 15 is 0 Å². The van der Waals surface area contributed by atoms with E-state index < -0.39 is 0 Å². The molecular weight excluding hydrogens is 170 g/mol. The standard InChI is InChI=1S/C13H21N/c1-4-11-7-6-8-12(5-2)13(11)9-10(3)14/h6-8,10H,4-5,9,14H2,1-3H3/t10-/m1/s1. The van der Waals surface area contributed by atoms with Crippen molar-refractivity contribution in [2.45, 2.75) is 46.1 Å². The third kappa shape index (κ3) is 2.58. The van der Waals surface area contributed by atoms with Gasteiger partial charge in [0.15, 0.2) is 0 Å². The molecule has 2 N–H and O–H groups in total. The molecule has 0 amide bonds. The molecule has 1 aromatic rings. The summed E-state index contributed by atoms with van der Waals surface area (Å²) in [5.74, 6) is 0. The molecule has 0 aromatic heterocycles. The fourth-order valence-corrected chi connectivity index (χ4v) is 1.93. The molecule has 0 saturated carbocycles. The minimum absolute atomic E-state index is 0.257. The molecule has 0 aliphatic rings. The second kappa shape index (κ2) is 5.16. The summed E-state index contributed by atoms with van der Waals surface area (Å²) in [4.78, 5) is 0. The lowest BCUT2D eigenvalue weighted by atomic mass is 9.93. The average Bonchev–Trinajstić information content (AvgIpc) is 2.17. The zero-order valence-electron chi connectivity index (χ0n) is 9.51. The molecule has 0 aliphatic carbocycles. The molecule has 0 fully saturated rings. The topological polar surface area (TPSA) is 26.0 Å². The van der Waals surface area contributed by atoms with Crippen molar-refractivity contribution >= 4 is 0 Å². The van der Waals surface area contributed by atoms with Crippen LogP contribution in [0.1, 0.15) is 37.5 Å². The SMILES string of the molecule is CCc1cccc(CC)c1C[C@@H](C)N. The van der Waals surface area contributed by atoms with Crippen molar-refractivity contribution in [3.05, 3.63) is 34.9 Å². The monoisotopic (exact) mass is 191 g/mol. The van der Waals surface area contributed by atoms with Crippen LogP contribution in [0, 0.1) is 0 Å². The molecule has 78 valence electrons. The van der Waals surface area contributed by atoms with Gasteiger partial charge < -0.3 is 5.73 Å². The Morgan fingerprint density at radius 1 is 1.14 bits per heavy atom. The number of aryl methyl sites for hydroxylation is 2. The van der Waals surface area contributed by atoms with Crippen molar-refractivity contribution in [1.29, 1.82) is 0 Å². The predicted octanol–water partition coefficient (Wildman–Crippen LogP) is 2.70. The molecule has 0 heterocycles. The zero-order chi connectivity index (χ0) is 10.6. The molecule has 0 saturated heterocycles. The van der Waals surface area contributed by atoms with Crippen LogP contribution in [-0.4, -0.2) is 6.04 Å². The van der Waals surface area contributed by atoms with Crippen molar-refractivity contribution < 1.29 is 0 Å². The summed E-state index contributed by atoms with van der Waals surface area (Å²) in [7, 11) is 0. The van der Waals surface area contributed by atoms with Crippen molar-refractivity contribution in [3.63, 3.8) is 0 Å². The highest BCUT2D eigenvalue weighted by atomic mass is 14.6. The van der Waals surface area contributed by atoms with Gasteiger partial charge in [0.25, 0.3) is 0 Å². The van der Waals surface area contributed by atoms with E-state index in [4.69, 9.17) is 5.73 Å². The van der Waals surface area contributed by atoms with E-state index in [-0.39, 0.29) is 6.04 Å². The molecule has 14 heavy (non-hydrogen) atoms. The first-order chi connectivity index (χ1) is 6.69. The Kier molecular flexibility index (Phi) is 4.15. The molecule has 1 aromatic carbocycles. The van der Waals surface area contributed by atoms with Crippen molar-refractivity contribution in [2.75, 3.05) is 0 Å². The van der Waals surface area contributed by atoms with E-state index in [9.17, 15) is 0 Å². The highest BCUT2D eigenvalue weighted by molar-refractivity contribution is 5.36. The molecule has 1 nitrogen and oxygen atoms in total. The second-order valence-electron chi connectivity index (χ2n) is 3.94. The smallest absolute Gasteiger partial charge is 0.00511 e. The molecule has 0 radical (unpaired) electrons. The Bertz CT molecular complexity index is 267. The Morgan fingerprint density at radius 3 is 2.00 bits per heavy atom. The van der Waals surface area contributed by atoms with Crippen LogP contribution in [0.2, 0.25) is 0 Å².